The van der Waals surface area contributed by atoms with Gasteiger partial charge in [0.1, 0.15) is 17.8 Å². The van der Waals surface area contributed by atoms with Crippen molar-refractivity contribution in [3.63, 3.8) is 0 Å². The molecule has 0 N–H and O–H groups in total. The molecular formula is C27H24N6O4. The molecule has 5 aromatic rings. The third-order valence-electron chi connectivity index (χ3n) is 5.76. The molecule has 0 saturated carbocycles. The molecule has 2 heterocycles. The predicted molar refractivity (Wildman–Crippen MR) is 135 cm³/mol. The Morgan fingerprint density at radius 1 is 0.973 bits per heavy atom. The van der Waals surface area contributed by atoms with E-state index >= 15 is 0 Å². The van der Waals surface area contributed by atoms with Gasteiger partial charge in [0.15, 0.2) is 6.61 Å². The fraction of sp³-hybridized carbons (Fsp3) is 0.185. The molecule has 0 fully saturated rings. The molecule has 186 valence electrons. The van der Waals surface area contributed by atoms with Gasteiger partial charge >= 0.3 is 0 Å². The molecule has 0 spiro atoms. The van der Waals surface area contributed by atoms with Crippen LogP contribution >= 0.6 is 0 Å². The zero-order chi connectivity index (χ0) is 25.8. The van der Waals surface area contributed by atoms with Gasteiger partial charge in [-0.3, -0.25) is 9.59 Å². The zero-order valence-corrected chi connectivity index (χ0v) is 20.3. The van der Waals surface area contributed by atoms with Crippen LogP contribution in [0.25, 0.3) is 22.4 Å². The Labute approximate surface area is 212 Å². The van der Waals surface area contributed by atoms with E-state index in [9.17, 15) is 9.59 Å². The van der Waals surface area contributed by atoms with Crippen molar-refractivity contribution in [2.75, 3.05) is 6.61 Å². The molecule has 1 amide bonds. The van der Waals surface area contributed by atoms with E-state index in [1.807, 2.05) is 56.3 Å². The molecule has 0 aliphatic carbocycles. The van der Waals surface area contributed by atoms with Crippen LogP contribution < -0.4 is 4.74 Å². The first-order valence-electron chi connectivity index (χ1n) is 11.7. The van der Waals surface area contributed by atoms with Gasteiger partial charge in [0.25, 0.3) is 11.8 Å². The summed E-state index contributed by atoms with van der Waals surface area (Å²) in [4.78, 5) is 31.8. The lowest BCUT2D eigenvalue weighted by Gasteiger charge is -2.25. The number of ether oxygens (including phenoxy) is 1. The van der Waals surface area contributed by atoms with E-state index in [0.717, 1.165) is 5.56 Å². The number of amides is 1. The van der Waals surface area contributed by atoms with Crippen LogP contribution in [0.2, 0.25) is 0 Å². The zero-order valence-electron chi connectivity index (χ0n) is 20.3. The molecule has 0 unspecified atom stereocenters. The van der Waals surface area contributed by atoms with Gasteiger partial charge < -0.3 is 14.2 Å². The quantitative estimate of drug-likeness (QED) is 0.317. The largest absolute Gasteiger partial charge is 0.484 e. The van der Waals surface area contributed by atoms with E-state index in [0.29, 0.717) is 34.1 Å². The number of rotatable bonds is 8. The molecule has 0 aliphatic heterocycles. The summed E-state index contributed by atoms with van der Waals surface area (Å²) < 4.78 is 12.3. The molecule has 0 atom stereocenters. The van der Waals surface area contributed by atoms with Crippen molar-refractivity contribution in [1.82, 2.24) is 30.0 Å². The van der Waals surface area contributed by atoms with Crippen LogP contribution in [0.4, 0.5) is 0 Å². The maximum absolute atomic E-state index is 12.9. The van der Waals surface area contributed by atoms with Crippen LogP contribution in [-0.2, 0) is 11.3 Å². The summed E-state index contributed by atoms with van der Waals surface area (Å²) in [5, 5.41) is 12.0. The number of carbonyl (C=O) groups is 2. The second-order valence-corrected chi connectivity index (χ2v) is 8.60. The summed E-state index contributed by atoms with van der Waals surface area (Å²) in [6.07, 6.45) is 0. The van der Waals surface area contributed by atoms with Crippen LogP contribution in [0.15, 0.2) is 83.4 Å². The highest BCUT2D eigenvalue weighted by molar-refractivity contribution is 6.00. The van der Waals surface area contributed by atoms with Gasteiger partial charge in [0.05, 0.1) is 5.52 Å². The topological polar surface area (TPSA) is 116 Å². The first-order valence-corrected chi connectivity index (χ1v) is 11.7. The highest BCUT2D eigenvalue weighted by Gasteiger charge is 2.21. The second kappa shape index (κ2) is 10.4. The van der Waals surface area contributed by atoms with Crippen molar-refractivity contribution in [1.29, 1.82) is 0 Å². The number of carbonyl (C=O) groups excluding carboxylic acids is 2. The molecule has 2 aromatic heterocycles. The van der Waals surface area contributed by atoms with Crippen LogP contribution in [0.5, 0.6) is 5.75 Å². The maximum atomic E-state index is 12.9. The molecule has 5 rings (SSSR count). The van der Waals surface area contributed by atoms with Crippen molar-refractivity contribution in [3.8, 4) is 17.1 Å². The third-order valence-corrected chi connectivity index (χ3v) is 5.76. The Balaban J connectivity index is 1.21. The molecule has 0 saturated heterocycles. The van der Waals surface area contributed by atoms with Crippen LogP contribution in [-0.4, -0.2) is 54.5 Å². The van der Waals surface area contributed by atoms with E-state index in [4.69, 9.17) is 9.26 Å². The smallest absolute Gasteiger partial charge is 0.280 e. The van der Waals surface area contributed by atoms with E-state index in [1.165, 1.54) is 4.68 Å². The first-order chi connectivity index (χ1) is 18.0. The molecule has 0 aliphatic rings. The average molecular weight is 497 g/mol. The Morgan fingerprint density at radius 3 is 2.46 bits per heavy atom. The number of hydrogen-bond acceptors (Lipinski definition) is 8. The van der Waals surface area contributed by atoms with Gasteiger partial charge in [-0.25, -0.2) is 0 Å². The minimum atomic E-state index is -0.309. The highest BCUT2D eigenvalue weighted by atomic mass is 16.5. The van der Waals surface area contributed by atoms with E-state index < -0.39 is 0 Å². The summed E-state index contributed by atoms with van der Waals surface area (Å²) in [5.41, 5.74) is 2.52. The molecule has 0 radical (unpaired) electrons. The molecule has 0 bridgehead atoms. The van der Waals surface area contributed by atoms with Crippen molar-refractivity contribution < 1.29 is 18.8 Å². The highest BCUT2D eigenvalue weighted by Crippen LogP contribution is 2.18. The number of benzene rings is 3. The normalized spacial score (nSPS) is 11.1. The number of para-hydroxylation sites is 1. The number of fused-ring (bicyclic) bond motifs is 1. The Bertz CT molecular complexity index is 1530. The Morgan fingerprint density at radius 2 is 1.70 bits per heavy atom. The third kappa shape index (κ3) is 5.22. The minimum Gasteiger partial charge on any atom is -0.484 e. The van der Waals surface area contributed by atoms with Crippen LogP contribution in [0.3, 0.4) is 0 Å². The number of nitrogens with zero attached hydrogens (tertiary/aromatic N) is 6. The monoisotopic (exact) mass is 496 g/mol. The van der Waals surface area contributed by atoms with Crippen LogP contribution in [0.1, 0.15) is 30.1 Å². The van der Waals surface area contributed by atoms with E-state index in [1.54, 1.807) is 41.3 Å². The summed E-state index contributed by atoms with van der Waals surface area (Å²) >= 11 is 0. The molecule has 10 nitrogen and oxygen atoms in total. The summed E-state index contributed by atoms with van der Waals surface area (Å²) in [5.74, 6) is 0.725. The maximum Gasteiger partial charge on any atom is 0.280 e. The lowest BCUT2D eigenvalue weighted by molar-refractivity contribution is -0.136. The lowest BCUT2D eigenvalue weighted by Crippen LogP contribution is -2.39. The standard InChI is InChI=1S/C27H24N6O4/c1-18(2)32(16-24-28-26(30-37-24)19-8-4-3-5-9-19)25(34)17-36-21-14-12-20(13-15-21)27(35)33-23-11-7-6-10-22(23)29-31-33/h3-15,18H,16-17H2,1-2H3. The molecule has 37 heavy (non-hydrogen) atoms. The summed E-state index contributed by atoms with van der Waals surface area (Å²) in [7, 11) is 0. The molecular weight excluding hydrogens is 472 g/mol. The molecule has 10 heteroatoms. The van der Waals surface area contributed by atoms with Gasteiger partial charge in [-0.15, -0.1) is 5.10 Å². The summed E-state index contributed by atoms with van der Waals surface area (Å²) in [6.45, 7) is 3.79. The fourth-order valence-electron chi connectivity index (χ4n) is 3.79. The van der Waals surface area contributed by atoms with Gasteiger partial charge in [-0.05, 0) is 50.2 Å². The summed E-state index contributed by atoms with van der Waals surface area (Å²) in [6, 6.07) is 23.1. The van der Waals surface area contributed by atoms with Crippen molar-refractivity contribution in [2.45, 2.75) is 26.4 Å². The molecule has 3 aromatic carbocycles. The number of hydrogen-bond donors (Lipinski definition) is 0. The van der Waals surface area contributed by atoms with Gasteiger partial charge in [-0.1, -0.05) is 52.8 Å². The second-order valence-electron chi connectivity index (χ2n) is 8.60. The van der Waals surface area contributed by atoms with Gasteiger partial charge in [0.2, 0.25) is 11.7 Å². The Kier molecular flexibility index (Phi) is 6.71. The predicted octanol–water partition coefficient (Wildman–Crippen LogP) is 3.99. The van der Waals surface area contributed by atoms with Gasteiger partial charge in [0, 0.05) is 17.2 Å². The fourth-order valence-corrected chi connectivity index (χ4v) is 3.79. The Hall–Kier alpha value is -4.86. The van der Waals surface area contributed by atoms with Crippen LogP contribution in [0, 0.1) is 0 Å². The van der Waals surface area contributed by atoms with Crippen molar-refractivity contribution in [2.24, 2.45) is 0 Å². The number of aromatic nitrogens is 5. The van der Waals surface area contributed by atoms with Crippen molar-refractivity contribution >= 4 is 22.8 Å². The minimum absolute atomic E-state index is 0.110. The SMILES string of the molecule is CC(C)N(Cc1nc(-c2ccccc2)no1)C(=O)COc1ccc(C(=O)n2nnc3ccccc32)cc1. The average Bonchev–Trinajstić information content (AvgIpc) is 3.58. The van der Waals surface area contributed by atoms with Crippen molar-refractivity contribution in [3.05, 3.63) is 90.3 Å². The lowest BCUT2D eigenvalue weighted by atomic mass is 10.2. The van der Waals surface area contributed by atoms with E-state index in [2.05, 4.69) is 20.5 Å². The van der Waals surface area contributed by atoms with E-state index in [-0.39, 0.29) is 31.0 Å². The van der Waals surface area contributed by atoms with Gasteiger partial charge in [-0.2, -0.15) is 9.67 Å². The first kappa shape index (κ1) is 23.9.